The Hall–Kier alpha value is -0.710. The first kappa shape index (κ1) is 15.7. The normalized spacial score (nSPS) is 11.7. The Morgan fingerprint density at radius 3 is 2.30 bits per heavy atom. The van der Waals surface area contributed by atoms with E-state index < -0.39 is 0 Å². The molecule has 4 heteroatoms. The van der Waals surface area contributed by atoms with Gasteiger partial charge >= 0.3 is 0 Å². The van der Waals surface area contributed by atoms with E-state index in [1.165, 1.54) is 5.56 Å². The van der Waals surface area contributed by atoms with Crippen LogP contribution in [0.1, 0.15) is 25.0 Å². The van der Waals surface area contributed by atoms with Crippen molar-refractivity contribution >= 4 is 31.9 Å². The second-order valence-electron chi connectivity index (χ2n) is 5.23. The molecule has 0 aromatic heterocycles. The fourth-order valence-electron chi connectivity index (χ4n) is 1.94. The molecule has 0 unspecified atom stereocenters. The molecule has 0 bridgehead atoms. The lowest BCUT2D eigenvalue weighted by atomic mass is 9.94. The minimum Gasteiger partial charge on any atom is -0.304 e. The van der Waals surface area contributed by atoms with E-state index in [0.717, 1.165) is 10.0 Å². The quantitative estimate of drug-likeness (QED) is 0.726. The maximum atomic E-state index is 13.5. The van der Waals surface area contributed by atoms with Crippen LogP contribution < -0.4 is 5.32 Å². The van der Waals surface area contributed by atoms with Crippen LogP contribution in [0.2, 0.25) is 0 Å². The summed E-state index contributed by atoms with van der Waals surface area (Å²) in [6.45, 7) is 4.85. The summed E-state index contributed by atoms with van der Waals surface area (Å²) in [6.07, 6.45) is 0. The van der Waals surface area contributed by atoms with Gasteiger partial charge in [-0.1, -0.05) is 34.1 Å². The number of benzene rings is 2. The molecular weight excluding hydrogens is 385 g/mol. The zero-order chi connectivity index (χ0) is 14.8. The van der Waals surface area contributed by atoms with Gasteiger partial charge in [-0.15, -0.1) is 0 Å². The Kier molecular flexibility index (Phi) is 4.99. The molecule has 1 nitrogen and oxygen atoms in total. The van der Waals surface area contributed by atoms with Crippen molar-refractivity contribution in [3.8, 4) is 0 Å². The minimum absolute atomic E-state index is 0.176. The largest absolute Gasteiger partial charge is 0.304 e. The van der Waals surface area contributed by atoms with Gasteiger partial charge in [-0.25, -0.2) is 4.39 Å². The second-order valence-corrected chi connectivity index (χ2v) is 7.00. The number of hydrogen-bond acceptors (Lipinski definition) is 1. The van der Waals surface area contributed by atoms with Gasteiger partial charge in [0.25, 0.3) is 0 Å². The van der Waals surface area contributed by atoms with E-state index >= 15 is 0 Å². The monoisotopic (exact) mass is 399 g/mol. The fourth-order valence-corrected chi connectivity index (χ4v) is 2.45. The lowest BCUT2D eigenvalue weighted by molar-refractivity contribution is 0.400. The summed E-state index contributed by atoms with van der Waals surface area (Å²) in [6, 6.07) is 13.4. The predicted octanol–water partition coefficient (Wildman–Crippen LogP) is 5.38. The second kappa shape index (κ2) is 6.37. The highest BCUT2D eigenvalue weighted by Gasteiger charge is 2.19. The maximum Gasteiger partial charge on any atom is 0.137 e. The van der Waals surface area contributed by atoms with Crippen LogP contribution in [0.25, 0.3) is 0 Å². The lowest BCUT2D eigenvalue weighted by Gasteiger charge is -2.27. The topological polar surface area (TPSA) is 12.0 Å². The molecule has 2 aromatic carbocycles. The molecule has 0 spiro atoms. The molecule has 0 fully saturated rings. The van der Waals surface area contributed by atoms with Crippen LogP contribution in [-0.2, 0) is 12.1 Å². The van der Waals surface area contributed by atoms with E-state index in [9.17, 15) is 4.39 Å². The molecule has 0 saturated carbocycles. The van der Waals surface area contributed by atoms with E-state index in [4.69, 9.17) is 0 Å². The predicted molar refractivity (Wildman–Crippen MR) is 88.1 cm³/mol. The van der Waals surface area contributed by atoms with Crippen molar-refractivity contribution in [2.75, 3.05) is 0 Å². The molecule has 0 aliphatic carbocycles. The molecule has 1 N–H and O–H groups in total. The zero-order valence-electron chi connectivity index (χ0n) is 11.4. The summed E-state index contributed by atoms with van der Waals surface area (Å²) in [5, 5.41) is 3.46. The highest BCUT2D eigenvalue weighted by molar-refractivity contribution is 9.10. The standard InChI is InChI=1S/C16H16Br2FN/c1-16(2,12-4-6-13(17)7-5-12)20-10-11-3-8-14(18)15(19)9-11/h3-9,20H,10H2,1-2H3. The number of rotatable bonds is 4. The molecule has 0 atom stereocenters. The van der Waals surface area contributed by atoms with Crippen LogP contribution in [0, 0.1) is 5.82 Å². The number of hydrogen-bond donors (Lipinski definition) is 1. The van der Waals surface area contributed by atoms with Gasteiger partial charge in [0.15, 0.2) is 0 Å². The van der Waals surface area contributed by atoms with Gasteiger partial charge in [0.2, 0.25) is 0 Å². The Balaban J connectivity index is 2.08. The SMILES string of the molecule is CC(C)(NCc1ccc(Br)c(F)c1)c1ccc(Br)cc1. The highest BCUT2D eigenvalue weighted by atomic mass is 79.9. The molecule has 0 aliphatic rings. The zero-order valence-corrected chi connectivity index (χ0v) is 14.6. The van der Waals surface area contributed by atoms with Crippen molar-refractivity contribution in [1.82, 2.24) is 5.32 Å². The maximum absolute atomic E-state index is 13.5. The van der Waals surface area contributed by atoms with Gasteiger partial charge in [-0.2, -0.15) is 0 Å². The van der Waals surface area contributed by atoms with E-state index in [1.807, 2.05) is 18.2 Å². The van der Waals surface area contributed by atoms with Crippen molar-refractivity contribution in [3.05, 3.63) is 68.4 Å². The van der Waals surface area contributed by atoms with Crippen LogP contribution in [0.3, 0.4) is 0 Å². The van der Waals surface area contributed by atoms with E-state index in [-0.39, 0.29) is 11.4 Å². The summed E-state index contributed by atoms with van der Waals surface area (Å²) >= 11 is 6.60. The minimum atomic E-state index is -0.231. The molecule has 0 saturated heterocycles. The van der Waals surface area contributed by atoms with Crippen LogP contribution >= 0.6 is 31.9 Å². The summed E-state index contributed by atoms with van der Waals surface area (Å²) < 4.78 is 15.0. The lowest BCUT2D eigenvalue weighted by Crippen LogP contribution is -2.35. The van der Waals surface area contributed by atoms with Gasteiger partial charge in [0.05, 0.1) is 4.47 Å². The van der Waals surface area contributed by atoms with Crippen molar-refractivity contribution in [2.24, 2.45) is 0 Å². The highest BCUT2D eigenvalue weighted by Crippen LogP contribution is 2.23. The van der Waals surface area contributed by atoms with Crippen LogP contribution in [0.15, 0.2) is 51.4 Å². The number of halogens is 3. The first-order valence-electron chi connectivity index (χ1n) is 6.33. The molecule has 0 amide bonds. The summed E-state index contributed by atoms with van der Waals surface area (Å²) in [7, 11) is 0. The Morgan fingerprint density at radius 1 is 1.05 bits per heavy atom. The van der Waals surface area contributed by atoms with Gasteiger partial charge in [-0.3, -0.25) is 0 Å². The van der Waals surface area contributed by atoms with E-state index in [0.29, 0.717) is 11.0 Å². The van der Waals surface area contributed by atoms with Gasteiger partial charge in [0, 0.05) is 16.6 Å². The Bertz CT molecular complexity index is 594. The third-order valence-electron chi connectivity index (χ3n) is 3.28. The Morgan fingerprint density at radius 2 is 1.70 bits per heavy atom. The molecular formula is C16H16Br2FN. The molecule has 0 aliphatic heterocycles. The van der Waals surface area contributed by atoms with Crippen LogP contribution in [-0.4, -0.2) is 0 Å². The number of nitrogens with one attached hydrogen (secondary N) is 1. The van der Waals surface area contributed by atoms with Crippen molar-refractivity contribution in [1.29, 1.82) is 0 Å². The molecule has 0 radical (unpaired) electrons. The molecule has 2 aromatic rings. The van der Waals surface area contributed by atoms with Gasteiger partial charge in [-0.05, 0) is 65.2 Å². The van der Waals surface area contributed by atoms with Crippen molar-refractivity contribution < 1.29 is 4.39 Å². The Labute approximate surface area is 135 Å². The third kappa shape index (κ3) is 3.90. The van der Waals surface area contributed by atoms with Gasteiger partial charge < -0.3 is 5.32 Å². The smallest absolute Gasteiger partial charge is 0.137 e. The first-order chi connectivity index (χ1) is 9.38. The molecule has 0 heterocycles. The van der Waals surface area contributed by atoms with Crippen LogP contribution in [0.4, 0.5) is 4.39 Å². The van der Waals surface area contributed by atoms with Crippen molar-refractivity contribution in [3.63, 3.8) is 0 Å². The molecule has 20 heavy (non-hydrogen) atoms. The summed E-state index contributed by atoms with van der Waals surface area (Å²) in [5.74, 6) is -0.231. The molecule has 2 rings (SSSR count). The van der Waals surface area contributed by atoms with Crippen molar-refractivity contribution in [2.45, 2.75) is 25.9 Å². The van der Waals surface area contributed by atoms with Gasteiger partial charge in [0.1, 0.15) is 5.82 Å². The third-order valence-corrected chi connectivity index (χ3v) is 4.46. The van der Waals surface area contributed by atoms with E-state index in [2.05, 4.69) is 63.2 Å². The fraction of sp³-hybridized carbons (Fsp3) is 0.250. The van der Waals surface area contributed by atoms with Crippen LogP contribution in [0.5, 0.6) is 0 Å². The summed E-state index contributed by atoms with van der Waals surface area (Å²) in [4.78, 5) is 0. The molecule has 106 valence electrons. The summed E-state index contributed by atoms with van der Waals surface area (Å²) in [5.41, 5.74) is 1.94. The average molecular weight is 401 g/mol. The first-order valence-corrected chi connectivity index (χ1v) is 7.92. The van der Waals surface area contributed by atoms with E-state index in [1.54, 1.807) is 12.1 Å². The average Bonchev–Trinajstić information content (AvgIpc) is 2.41.